The molecule has 0 radical (unpaired) electrons. The fourth-order valence-electron chi connectivity index (χ4n) is 2.24. The van der Waals surface area contributed by atoms with Gasteiger partial charge in [-0.3, -0.25) is 14.5 Å². The summed E-state index contributed by atoms with van der Waals surface area (Å²) in [6, 6.07) is 10.6. The van der Waals surface area contributed by atoms with Crippen LogP contribution >= 0.6 is 11.6 Å². The highest BCUT2D eigenvalue weighted by atomic mass is 35.5. The van der Waals surface area contributed by atoms with Gasteiger partial charge in [0.2, 0.25) is 11.8 Å². The van der Waals surface area contributed by atoms with Crippen molar-refractivity contribution in [2.45, 2.75) is 6.42 Å². The van der Waals surface area contributed by atoms with Gasteiger partial charge >= 0.3 is 0 Å². The van der Waals surface area contributed by atoms with Gasteiger partial charge in [-0.25, -0.2) is 4.39 Å². The summed E-state index contributed by atoms with van der Waals surface area (Å²) in [6.07, 6.45) is -0.360. The maximum Gasteiger partial charge on any atom is 0.241 e. The molecule has 21 heavy (non-hydrogen) atoms. The van der Waals surface area contributed by atoms with Crippen LogP contribution in [0.1, 0.15) is 6.42 Å². The van der Waals surface area contributed by atoms with E-state index in [0.29, 0.717) is 16.4 Å². The highest BCUT2D eigenvalue weighted by molar-refractivity contribution is 6.31. The van der Waals surface area contributed by atoms with Crippen LogP contribution in [0.3, 0.4) is 0 Å². The maximum absolute atomic E-state index is 14.0. The van der Waals surface area contributed by atoms with Crippen molar-refractivity contribution < 1.29 is 14.0 Å². The Morgan fingerprint density at radius 1 is 1.10 bits per heavy atom. The number of rotatable bonds is 1. The summed E-state index contributed by atoms with van der Waals surface area (Å²) in [5.41, 5.74) is 0.851. The van der Waals surface area contributed by atoms with E-state index in [1.807, 2.05) is 0 Å². The van der Waals surface area contributed by atoms with E-state index in [1.54, 1.807) is 18.2 Å². The molecule has 1 aliphatic heterocycles. The minimum absolute atomic E-state index is 0.0857. The van der Waals surface area contributed by atoms with Crippen molar-refractivity contribution in [1.29, 1.82) is 0 Å². The first-order valence-corrected chi connectivity index (χ1v) is 6.61. The van der Waals surface area contributed by atoms with Crippen LogP contribution in [0.15, 0.2) is 42.5 Å². The minimum Gasteiger partial charge on any atom is -0.324 e. The third-order valence-corrected chi connectivity index (χ3v) is 3.36. The molecule has 0 spiro atoms. The van der Waals surface area contributed by atoms with Crippen LogP contribution in [-0.4, -0.2) is 11.8 Å². The largest absolute Gasteiger partial charge is 0.324 e. The number of anilines is 3. The van der Waals surface area contributed by atoms with Crippen molar-refractivity contribution >= 4 is 40.5 Å². The zero-order valence-electron chi connectivity index (χ0n) is 10.8. The Bertz CT molecular complexity index is 748. The van der Waals surface area contributed by atoms with E-state index < -0.39 is 17.6 Å². The number of hydrogen-bond acceptors (Lipinski definition) is 2. The molecule has 0 atom stereocenters. The Labute approximate surface area is 125 Å². The lowest BCUT2D eigenvalue weighted by molar-refractivity contribution is -0.124. The number of benzene rings is 2. The van der Waals surface area contributed by atoms with E-state index in [-0.39, 0.29) is 12.1 Å². The third kappa shape index (κ3) is 2.48. The molecule has 1 heterocycles. The Morgan fingerprint density at radius 2 is 1.86 bits per heavy atom. The standard InChI is InChI=1S/C15H10ClFN2O2/c16-9-5-6-11-13(7-9)19(15(21)8-14(20)18-11)12-4-2-1-3-10(12)17/h1-7H,8H2,(H,18,20). The molecule has 0 fully saturated rings. The van der Waals surface area contributed by atoms with Crippen molar-refractivity contribution in [3.05, 3.63) is 53.3 Å². The second-order valence-corrected chi connectivity index (χ2v) is 5.00. The predicted octanol–water partition coefficient (Wildman–Crippen LogP) is 3.49. The molecule has 0 saturated carbocycles. The van der Waals surface area contributed by atoms with Crippen molar-refractivity contribution in [3.8, 4) is 0 Å². The first kappa shape index (κ1) is 13.6. The summed E-state index contributed by atoms with van der Waals surface area (Å²) >= 11 is 5.96. The molecule has 0 aromatic heterocycles. The second kappa shape index (κ2) is 5.18. The van der Waals surface area contributed by atoms with Gasteiger partial charge in [-0.1, -0.05) is 23.7 Å². The van der Waals surface area contributed by atoms with Gasteiger partial charge in [0.15, 0.2) is 0 Å². The number of carbonyl (C=O) groups is 2. The van der Waals surface area contributed by atoms with Crippen LogP contribution in [0.4, 0.5) is 21.5 Å². The predicted molar refractivity (Wildman–Crippen MR) is 78.2 cm³/mol. The molecule has 0 unspecified atom stereocenters. The Balaban J connectivity index is 2.23. The molecule has 1 N–H and O–H groups in total. The third-order valence-electron chi connectivity index (χ3n) is 3.13. The molecule has 6 heteroatoms. The zero-order chi connectivity index (χ0) is 15.0. The zero-order valence-corrected chi connectivity index (χ0v) is 11.5. The van der Waals surface area contributed by atoms with Crippen LogP contribution in [0.5, 0.6) is 0 Å². The van der Waals surface area contributed by atoms with E-state index in [1.165, 1.54) is 29.2 Å². The average Bonchev–Trinajstić information content (AvgIpc) is 2.55. The van der Waals surface area contributed by atoms with E-state index in [2.05, 4.69) is 5.32 Å². The lowest BCUT2D eigenvalue weighted by Crippen LogP contribution is -2.27. The molecule has 1 aliphatic rings. The summed E-state index contributed by atoms with van der Waals surface area (Å²) in [4.78, 5) is 25.2. The average molecular weight is 305 g/mol. The van der Waals surface area contributed by atoms with E-state index in [9.17, 15) is 14.0 Å². The number of amides is 2. The number of fused-ring (bicyclic) bond motifs is 1. The molecular weight excluding hydrogens is 295 g/mol. The quantitative estimate of drug-likeness (QED) is 0.820. The first-order valence-electron chi connectivity index (χ1n) is 6.23. The Kier molecular flexibility index (Phi) is 3.35. The smallest absolute Gasteiger partial charge is 0.241 e. The lowest BCUT2D eigenvalue weighted by atomic mass is 10.2. The SMILES string of the molecule is O=C1CC(=O)N(c2ccccc2F)c2cc(Cl)ccc2N1. The van der Waals surface area contributed by atoms with E-state index in [0.717, 1.165) is 0 Å². The Morgan fingerprint density at radius 3 is 2.62 bits per heavy atom. The molecular formula is C15H10ClFN2O2. The number of nitrogens with zero attached hydrogens (tertiary/aromatic N) is 1. The van der Waals surface area contributed by atoms with Gasteiger partial charge in [-0.15, -0.1) is 0 Å². The van der Waals surface area contributed by atoms with Gasteiger partial charge in [0.05, 0.1) is 17.1 Å². The molecule has 3 rings (SSSR count). The van der Waals surface area contributed by atoms with Gasteiger partial charge in [0.25, 0.3) is 0 Å². The van der Waals surface area contributed by atoms with Gasteiger partial charge < -0.3 is 5.32 Å². The number of nitrogens with one attached hydrogen (secondary N) is 1. The topological polar surface area (TPSA) is 49.4 Å². The normalized spacial score (nSPS) is 14.5. The van der Waals surface area contributed by atoms with Crippen LogP contribution in [0.25, 0.3) is 0 Å². The summed E-state index contributed by atoms with van der Waals surface area (Å²) in [5.74, 6) is -1.51. The summed E-state index contributed by atoms with van der Waals surface area (Å²) in [6.45, 7) is 0. The van der Waals surface area contributed by atoms with Gasteiger partial charge in [-0.05, 0) is 30.3 Å². The van der Waals surface area contributed by atoms with Crippen LogP contribution in [0, 0.1) is 5.82 Å². The van der Waals surface area contributed by atoms with E-state index >= 15 is 0 Å². The molecule has 106 valence electrons. The summed E-state index contributed by atoms with van der Waals surface area (Å²) < 4.78 is 14.0. The second-order valence-electron chi connectivity index (χ2n) is 4.57. The van der Waals surface area contributed by atoms with Crippen LogP contribution in [0.2, 0.25) is 5.02 Å². The van der Waals surface area contributed by atoms with Crippen molar-refractivity contribution in [2.75, 3.05) is 10.2 Å². The Hall–Kier alpha value is -2.40. The molecule has 0 saturated heterocycles. The number of carbonyl (C=O) groups excluding carboxylic acids is 2. The van der Waals surface area contributed by atoms with Crippen molar-refractivity contribution in [2.24, 2.45) is 0 Å². The van der Waals surface area contributed by atoms with Crippen molar-refractivity contribution in [1.82, 2.24) is 0 Å². The molecule has 0 bridgehead atoms. The highest BCUT2D eigenvalue weighted by Crippen LogP contribution is 2.37. The summed E-state index contributed by atoms with van der Waals surface area (Å²) in [7, 11) is 0. The minimum atomic E-state index is -0.550. The lowest BCUT2D eigenvalue weighted by Gasteiger charge is -2.23. The fraction of sp³-hybridized carbons (Fsp3) is 0.0667. The van der Waals surface area contributed by atoms with Crippen LogP contribution in [-0.2, 0) is 9.59 Å². The highest BCUT2D eigenvalue weighted by Gasteiger charge is 2.29. The van der Waals surface area contributed by atoms with Gasteiger partial charge in [-0.2, -0.15) is 0 Å². The number of para-hydroxylation sites is 1. The van der Waals surface area contributed by atoms with Crippen LogP contribution < -0.4 is 10.2 Å². The molecule has 0 aliphatic carbocycles. The van der Waals surface area contributed by atoms with Crippen molar-refractivity contribution in [3.63, 3.8) is 0 Å². The summed E-state index contributed by atoms with van der Waals surface area (Å²) in [5, 5.41) is 3.00. The fourth-order valence-corrected chi connectivity index (χ4v) is 2.40. The number of halogens is 2. The van der Waals surface area contributed by atoms with Gasteiger partial charge in [0.1, 0.15) is 12.2 Å². The maximum atomic E-state index is 14.0. The molecule has 2 aromatic carbocycles. The number of hydrogen-bond donors (Lipinski definition) is 1. The van der Waals surface area contributed by atoms with Gasteiger partial charge in [0, 0.05) is 5.02 Å². The molecule has 4 nitrogen and oxygen atoms in total. The molecule has 2 amide bonds. The first-order chi connectivity index (χ1) is 10.1. The van der Waals surface area contributed by atoms with E-state index in [4.69, 9.17) is 11.6 Å². The molecule has 2 aromatic rings. The monoisotopic (exact) mass is 304 g/mol.